The third-order valence-electron chi connectivity index (χ3n) is 11.2. The quantitative estimate of drug-likeness (QED) is 0.0159. The van der Waals surface area contributed by atoms with Crippen LogP contribution in [0, 0.1) is 11.8 Å². The Morgan fingerprint density at radius 1 is 0.421 bits per heavy atom. The van der Waals surface area contributed by atoms with Crippen LogP contribution in [0.3, 0.4) is 0 Å². The molecule has 404 valence electrons. The lowest BCUT2D eigenvalue weighted by Crippen LogP contribution is -2.31. The molecule has 0 heterocycles. The molecule has 0 atom stereocenters. The second-order valence-corrected chi connectivity index (χ2v) is 16.6. The van der Waals surface area contributed by atoms with Crippen molar-refractivity contribution in [3.8, 4) is 34.5 Å². The van der Waals surface area contributed by atoms with Crippen molar-refractivity contribution >= 4 is 47.8 Å². The van der Waals surface area contributed by atoms with Gasteiger partial charge in [0.2, 0.25) is 0 Å². The normalized spacial score (nSPS) is 13.7. The van der Waals surface area contributed by atoms with Crippen molar-refractivity contribution in [2.45, 2.75) is 51.4 Å². The number of methoxy groups -OCH3 is 2. The Bertz CT molecular complexity index is 2450. The van der Waals surface area contributed by atoms with Gasteiger partial charge in [0.1, 0.15) is 58.8 Å². The molecule has 4 aromatic carbocycles. The van der Waals surface area contributed by atoms with E-state index in [0.717, 1.165) is 12.2 Å². The maximum atomic E-state index is 13.6. The van der Waals surface area contributed by atoms with Crippen molar-refractivity contribution in [2.24, 2.45) is 11.8 Å². The molecule has 76 heavy (non-hydrogen) atoms. The Morgan fingerprint density at radius 3 is 1.13 bits per heavy atom. The summed E-state index contributed by atoms with van der Waals surface area (Å²) >= 11 is 0. The first-order valence-electron chi connectivity index (χ1n) is 24.3. The zero-order chi connectivity index (χ0) is 54.7. The molecule has 0 saturated heterocycles. The molecule has 20 nitrogen and oxygen atoms in total. The molecule has 0 aromatic heterocycles. The molecule has 0 radical (unpaired) electrons. The summed E-state index contributed by atoms with van der Waals surface area (Å²) in [6, 6.07) is 20.2. The van der Waals surface area contributed by atoms with Crippen molar-refractivity contribution in [2.75, 3.05) is 67.1 Å². The van der Waals surface area contributed by atoms with E-state index in [0.29, 0.717) is 50.4 Å². The van der Waals surface area contributed by atoms with Gasteiger partial charge in [-0.1, -0.05) is 13.2 Å². The summed E-state index contributed by atoms with van der Waals surface area (Å²) in [5.74, 6) is -6.28. The van der Waals surface area contributed by atoms with E-state index in [-0.39, 0.29) is 111 Å². The summed E-state index contributed by atoms with van der Waals surface area (Å²) in [5.41, 5.74) is -0.0170. The van der Waals surface area contributed by atoms with Crippen LogP contribution >= 0.6 is 0 Å². The molecule has 0 N–H and O–H groups in total. The van der Waals surface area contributed by atoms with Crippen molar-refractivity contribution in [1.82, 2.24) is 0 Å². The maximum Gasteiger partial charge on any atom is 0.343 e. The first kappa shape index (κ1) is 58.5. The summed E-state index contributed by atoms with van der Waals surface area (Å²) in [6.07, 6.45) is 5.45. The lowest BCUT2D eigenvalue weighted by Gasteiger charge is -2.26. The number of esters is 8. The molecular weight excluding hydrogens is 993 g/mol. The fourth-order valence-electron chi connectivity index (χ4n) is 7.14. The minimum atomic E-state index is -0.870. The van der Waals surface area contributed by atoms with Gasteiger partial charge in [-0.3, -0.25) is 9.59 Å². The van der Waals surface area contributed by atoms with E-state index in [9.17, 15) is 38.4 Å². The number of carbonyl (C=O) groups is 8. The summed E-state index contributed by atoms with van der Waals surface area (Å²) in [5, 5.41) is 0. The van der Waals surface area contributed by atoms with Crippen LogP contribution < -0.4 is 28.4 Å². The highest BCUT2D eigenvalue weighted by Crippen LogP contribution is 2.34. The highest BCUT2D eigenvalue weighted by Gasteiger charge is 2.34. The second kappa shape index (κ2) is 31.4. The smallest absolute Gasteiger partial charge is 0.343 e. The van der Waals surface area contributed by atoms with Crippen LogP contribution in [-0.4, -0.2) is 115 Å². The van der Waals surface area contributed by atoms with E-state index in [4.69, 9.17) is 56.8 Å². The Balaban J connectivity index is 1.16. The van der Waals surface area contributed by atoms with Crippen LogP contribution in [0.1, 0.15) is 92.8 Å². The van der Waals surface area contributed by atoms with Gasteiger partial charge in [0.05, 0.1) is 62.6 Å². The third kappa shape index (κ3) is 19.2. The summed E-state index contributed by atoms with van der Waals surface area (Å²) in [7, 11) is 2.86. The molecule has 1 saturated carbocycles. The molecule has 0 amide bonds. The van der Waals surface area contributed by atoms with Gasteiger partial charge in [-0.25, -0.2) is 28.8 Å². The summed E-state index contributed by atoms with van der Waals surface area (Å²) in [4.78, 5) is 102. The van der Waals surface area contributed by atoms with Gasteiger partial charge < -0.3 is 56.8 Å². The largest absolute Gasteiger partial charge is 0.494 e. The first-order valence-corrected chi connectivity index (χ1v) is 24.3. The van der Waals surface area contributed by atoms with Gasteiger partial charge in [0.25, 0.3) is 0 Å². The monoisotopic (exact) mass is 1050 g/mol. The van der Waals surface area contributed by atoms with Crippen LogP contribution in [-0.2, 0) is 47.6 Å². The zero-order valence-electron chi connectivity index (χ0n) is 42.3. The van der Waals surface area contributed by atoms with Gasteiger partial charge in [-0.15, -0.1) is 0 Å². The average molecular weight is 1050 g/mol. The molecule has 1 aliphatic rings. The molecule has 20 heteroatoms. The number of rotatable bonds is 30. The number of unbranched alkanes of at least 4 members (excludes halogenated alkanes) is 2. The van der Waals surface area contributed by atoms with E-state index in [2.05, 4.69) is 13.2 Å². The van der Waals surface area contributed by atoms with E-state index in [1.165, 1.54) is 74.9 Å². The molecule has 1 aliphatic carbocycles. The molecule has 0 unspecified atom stereocenters. The SMILES string of the molecule is C=CC(=O)OCCCCOc1ccc(C(=O)Oc2ccc(OC(=O)C3CCC(C(=O)Oc4ccc(OC(=O)c5ccc(OCCCCOC(=O)C=C)cc5)cc4C(=O)OCCOC)CC3)c(C(=O)OCCOC)c2)cc1. The van der Waals surface area contributed by atoms with Crippen LogP contribution in [0.5, 0.6) is 34.5 Å². The Hall–Kier alpha value is -8.36. The highest BCUT2D eigenvalue weighted by atomic mass is 16.6. The predicted molar refractivity (Wildman–Crippen MR) is 268 cm³/mol. The molecule has 4 aromatic rings. The van der Waals surface area contributed by atoms with Crippen LogP contribution in [0.15, 0.2) is 110 Å². The second-order valence-electron chi connectivity index (χ2n) is 16.6. The van der Waals surface area contributed by atoms with E-state index >= 15 is 0 Å². The predicted octanol–water partition coefficient (Wildman–Crippen LogP) is 7.83. The Morgan fingerprint density at radius 2 is 0.776 bits per heavy atom. The van der Waals surface area contributed by atoms with Crippen molar-refractivity contribution in [1.29, 1.82) is 0 Å². The topological polar surface area (TPSA) is 247 Å². The average Bonchev–Trinajstić information content (AvgIpc) is 3.44. The summed E-state index contributed by atoms with van der Waals surface area (Å²) in [6.45, 7) is 7.81. The molecule has 0 spiro atoms. The Kier molecular flexibility index (Phi) is 24.2. The van der Waals surface area contributed by atoms with Crippen molar-refractivity contribution < 1.29 is 95.2 Å². The van der Waals surface area contributed by atoms with E-state index in [1.807, 2.05) is 0 Å². The standard InChI is InChI=1S/C56H60O20/c1-5-49(57)69-29-9-7-27-67-41-19-15-39(16-20-41)51(59)73-43-23-25-47(45(35-43)55(63)71-33-31-65-3)75-53(61)37-11-13-38(14-12-37)54(62)76-48-26-24-44(36-46(48)56(64)72-34-32-66-4)74-52(60)40-17-21-42(22-18-40)68-28-8-10-30-70-50(58)6-2/h5-6,15-26,35-38H,1-2,7-14,27-34H2,3-4H3. The third-order valence-corrected chi connectivity index (χ3v) is 11.2. The maximum absolute atomic E-state index is 13.6. The van der Waals surface area contributed by atoms with Gasteiger partial charge in [0, 0.05) is 26.4 Å². The number of hydrogen-bond acceptors (Lipinski definition) is 20. The first-order chi connectivity index (χ1) is 36.8. The lowest BCUT2D eigenvalue weighted by molar-refractivity contribution is -0.145. The fourth-order valence-corrected chi connectivity index (χ4v) is 7.14. The number of carbonyl (C=O) groups excluding carboxylic acids is 8. The molecule has 0 bridgehead atoms. The molecule has 0 aliphatic heterocycles. The number of ether oxygens (including phenoxy) is 12. The van der Waals surface area contributed by atoms with Gasteiger partial charge in [-0.2, -0.15) is 0 Å². The van der Waals surface area contributed by atoms with Crippen LogP contribution in [0.4, 0.5) is 0 Å². The minimum Gasteiger partial charge on any atom is -0.494 e. The van der Waals surface area contributed by atoms with Gasteiger partial charge in [-0.05, 0) is 136 Å². The van der Waals surface area contributed by atoms with Crippen molar-refractivity contribution in [3.63, 3.8) is 0 Å². The van der Waals surface area contributed by atoms with E-state index < -0.39 is 59.6 Å². The Labute approximate surface area is 439 Å². The molecule has 1 fully saturated rings. The summed E-state index contributed by atoms with van der Waals surface area (Å²) < 4.78 is 64.4. The van der Waals surface area contributed by atoms with E-state index in [1.54, 1.807) is 24.3 Å². The highest BCUT2D eigenvalue weighted by molar-refractivity contribution is 5.97. The molecular formula is C56H60O20. The van der Waals surface area contributed by atoms with Crippen molar-refractivity contribution in [3.05, 3.63) is 132 Å². The molecule has 5 rings (SSSR count). The lowest BCUT2D eigenvalue weighted by atomic mass is 9.82. The van der Waals surface area contributed by atoms with Gasteiger partial charge >= 0.3 is 47.8 Å². The van der Waals surface area contributed by atoms with Crippen LogP contribution in [0.2, 0.25) is 0 Å². The van der Waals surface area contributed by atoms with Gasteiger partial charge in [0.15, 0.2) is 0 Å². The van der Waals surface area contributed by atoms with Crippen LogP contribution in [0.25, 0.3) is 0 Å². The fraction of sp³-hybridized carbons (Fsp3) is 0.357. The zero-order valence-corrected chi connectivity index (χ0v) is 42.3. The number of hydrogen-bond donors (Lipinski definition) is 0. The number of benzene rings is 4. The minimum absolute atomic E-state index is 0.0356.